The van der Waals surface area contributed by atoms with Gasteiger partial charge in [-0.25, -0.2) is 9.78 Å². The summed E-state index contributed by atoms with van der Waals surface area (Å²) < 4.78 is 16.2. The monoisotopic (exact) mass is 302 g/mol. The van der Waals surface area contributed by atoms with Gasteiger partial charge in [0.05, 0.1) is 20.3 Å². The summed E-state index contributed by atoms with van der Waals surface area (Å²) in [7, 11) is 1.37. The van der Waals surface area contributed by atoms with Gasteiger partial charge in [0, 0.05) is 12.7 Å². The fourth-order valence-corrected chi connectivity index (χ4v) is 2.56. The largest absolute Gasteiger partial charge is 0.465 e. The van der Waals surface area contributed by atoms with Crippen molar-refractivity contribution in [3.8, 4) is 0 Å². The molecule has 3 heterocycles. The molecule has 1 aliphatic rings. The van der Waals surface area contributed by atoms with E-state index in [9.17, 15) is 4.79 Å². The zero-order valence-corrected chi connectivity index (χ0v) is 12.6. The number of anilines is 1. The van der Waals surface area contributed by atoms with E-state index >= 15 is 0 Å². The summed E-state index contributed by atoms with van der Waals surface area (Å²) in [5.74, 6) is 1.87. The van der Waals surface area contributed by atoms with E-state index in [1.54, 1.807) is 18.3 Å². The summed E-state index contributed by atoms with van der Waals surface area (Å²) in [4.78, 5) is 18.3. The Morgan fingerprint density at radius 2 is 2.27 bits per heavy atom. The van der Waals surface area contributed by atoms with Gasteiger partial charge in [0.2, 0.25) is 0 Å². The number of aromatic nitrogens is 1. The van der Waals surface area contributed by atoms with E-state index in [0.29, 0.717) is 31.1 Å². The standard InChI is InChI=1S/C16H18N2O4/c1-11-5-6-13(22-11)14-10-18(8-9-21-14)15-12(16(19)20-2)4-3-7-17-15/h3-7,14H,8-10H2,1-2H3. The van der Waals surface area contributed by atoms with Gasteiger partial charge in [-0.2, -0.15) is 0 Å². The lowest BCUT2D eigenvalue weighted by Gasteiger charge is -2.33. The first kappa shape index (κ1) is 14.6. The molecule has 0 aliphatic carbocycles. The van der Waals surface area contributed by atoms with Crippen molar-refractivity contribution in [3.63, 3.8) is 0 Å². The third-order valence-electron chi connectivity index (χ3n) is 3.64. The molecule has 1 atom stereocenters. The Morgan fingerprint density at radius 1 is 1.41 bits per heavy atom. The average Bonchev–Trinajstić information content (AvgIpc) is 3.01. The molecule has 0 spiro atoms. The first-order chi connectivity index (χ1) is 10.7. The highest BCUT2D eigenvalue weighted by Gasteiger charge is 2.27. The summed E-state index contributed by atoms with van der Waals surface area (Å²) in [5.41, 5.74) is 0.460. The van der Waals surface area contributed by atoms with Crippen LogP contribution in [0.25, 0.3) is 0 Å². The molecular weight excluding hydrogens is 284 g/mol. The molecule has 0 aromatic carbocycles. The second-order valence-electron chi connectivity index (χ2n) is 5.12. The van der Waals surface area contributed by atoms with Crippen molar-refractivity contribution in [1.82, 2.24) is 4.98 Å². The minimum atomic E-state index is -0.389. The van der Waals surface area contributed by atoms with E-state index in [1.165, 1.54) is 7.11 Å². The van der Waals surface area contributed by atoms with E-state index in [-0.39, 0.29) is 12.1 Å². The molecule has 6 heteroatoms. The van der Waals surface area contributed by atoms with E-state index in [2.05, 4.69) is 4.98 Å². The number of esters is 1. The maximum Gasteiger partial charge on any atom is 0.341 e. The minimum absolute atomic E-state index is 0.171. The Morgan fingerprint density at radius 3 is 3.00 bits per heavy atom. The predicted molar refractivity (Wildman–Crippen MR) is 79.9 cm³/mol. The van der Waals surface area contributed by atoms with E-state index in [0.717, 1.165) is 11.5 Å². The normalized spacial score (nSPS) is 18.3. The molecule has 6 nitrogen and oxygen atoms in total. The first-order valence-electron chi connectivity index (χ1n) is 7.15. The number of methoxy groups -OCH3 is 1. The molecule has 1 fully saturated rings. The molecule has 1 unspecified atom stereocenters. The number of ether oxygens (including phenoxy) is 2. The van der Waals surface area contributed by atoms with Gasteiger partial charge in [-0.15, -0.1) is 0 Å². The number of carbonyl (C=O) groups is 1. The van der Waals surface area contributed by atoms with Crippen LogP contribution in [0.15, 0.2) is 34.9 Å². The second kappa shape index (κ2) is 6.19. The van der Waals surface area contributed by atoms with E-state index in [4.69, 9.17) is 13.9 Å². The Bertz CT molecular complexity index is 668. The van der Waals surface area contributed by atoms with Crippen molar-refractivity contribution >= 4 is 11.8 Å². The first-order valence-corrected chi connectivity index (χ1v) is 7.15. The van der Waals surface area contributed by atoms with E-state index < -0.39 is 0 Å². The fourth-order valence-electron chi connectivity index (χ4n) is 2.56. The third kappa shape index (κ3) is 2.82. The quantitative estimate of drug-likeness (QED) is 0.811. The lowest BCUT2D eigenvalue weighted by atomic mass is 10.2. The van der Waals surface area contributed by atoms with Gasteiger partial charge < -0.3 is 18.8 Å². The van der Waals surface area contributed by atoms with Crippen LogP contribution >= 0.6 is 0 Å². The SMILES string of the molecule is COC(=O)c1cccnc1N1CCOC(c2ccc(C)o2)C1. The van der Waals surface area contributed by atoms with Crippen molar-refractivity contribution in [3.05, 3.63) is 47.5 Å². The van der Waals surface area contributed by atoms with Crippen LogP contribution < -0.4 is 4.90 Å². The molecule has 0 N–H and O–H groups in total. The van der Waals surface area contributed by atoms with Crippen molar-refractivity contribution in [2.24, 2.45) is 0 Å². The van der Waals surface area contributed by atoms with Crippen molar-refractivity contribution in [2.45, 2.75) is 13.0 Å². The lowest BCUT2D eigenvalue weighted by molar-refractivity contribution is 0.0248. The van der Waals surface area contributed by atoms with Crippen LogP contribution in [0.4, 0.5) is 5.82 Å². The number of morpholine rings is 1. The number of nitrogens with zero attached hydrogens (tertiary/aromatic N) is 2. The Hall–Kier alpha value is -2.34. The van der Waals surface area contributed by atoms with Crippen LogP contribution in [-0.2, 0) is 9.47 Å². The van der Waals surface area contributed by atoms with E-state index in [1.807, 2.05) is 24.0 Å². The maximum atomic E-state index is 11.9. The van der Waals surface area contributed by atoms with Gasteiger partial charge in [0.1, 0.15) is 29.0 Å². The predicted octanol–water partition coefficient (Wildman–Crippen LogP) is 2.35. The van der Waals surface area contributed by atoms with Gasteiger partial charge in [-0.05, 0) is 31.2 Å². The second-order valence-corrected chi connectivity index (χ2v) is 5.12. The topological polar surface area (TPSA) is 64.8 Å². The van der Waals surface area contributed by atoms with Gasteiger partial charge in [0.15, 0.2) is 0 Å². The molecule has 2 aromatic rings. The van der Waals surface area contributed by atoms with Gasteiger partial charge in [0.25, 0.3) is 0 Å². The third-order valence-corrected chi connectivity index (χ3v) is 3.64. The molecular formula is C16H18N2O4. The summed E-state index contributed by atoms with van der Waals surface area (Å²) in [6, 6.07) is 7.28. The molecule has 22 heavy (non-hydrogen) atoms. The molecule has 1 aliphatic heterocycles. The Labute approximate surface area is 128 Å². The Kier molecular flexibility index (Phi) is 4.11. The summed E-state index contributed by atoms with van der Waals surface area (Å²) in [6.45, 7) is 3.69. The number of hydrogen-bond donors (Lipinski definition) is 0. The zero-order chi connectivity index (χ0) is 15.5. The molecule has 116 valence electrons. The number of rotatable bonds is 3. The van der Waals surface area contributed by atoms with Crippen molar-refractivity contribution in [2.75, 3.05) is 31.7 Å². The molecule has 2 aromatic heterocycles. The maximum absolute atomic E-state index is 11.9. The number of pyridine rings is 1. The van der Waals surface area contributed by atoms with Crippen LogP contribution in [0.1, 0.15) is 28.0 Å². The number of hydrogen-bond acceptors (Lipinski definition) is 6. The highest BCUT2D eigenvalue weighted by Crippen LogP contribution is 2.28. The highest BCUT2D eigenvalue weighted by molar-refractivity contribution is 5.94. The fraction of sp³-hybridized carbons (Fsp3) is 0.375. The minimum Gasteiger partial charge on any atom is -0.465 e. The number of furan rings is 1. The average molecular weight is 302 g/mol. The van der Waals surface area contributed by atoms with Crippen LogP contribution in [0.3, 0.4) is 0 Å². The highest BCUT2D eigenvalue weighted by atomic mass is 16.5. The van der Waals surface area contributed by atoms with Crippen LogP contribution in [0.5, 0.6) is 0 Å². The summed E-state index contributed by atoms with van der Waals surface area (Å²) in [5, 5.41) is 0. The molecule has 0 amide bonds. The smallest absolute Gasteiger partial charge is 0.341 e. The number of carbonyl (C=O) groups excluding carboxylic acids is 1. The summed E-state index contributed by atoms with van der Waals surface area (Å²) >= 11 is 0. The number of aryl methyl sites for hydroxylation is 1. The molecule has 0 bridgehead atoms. The zero-order valence-electron chi connectivity index (χ0n) is 12.6. The van der Waals surface area contributed by atoms with Gasteiger partial charge >= 0.3 is 5.97 Å². The van der Waals surface area contributed by atoms with Crippen LogP contribution in [0, 0.1) is 6.92 Å². The lowest BCUT2D eigenvalue weighted by Crippen LogP contribution is -2.39. The van der Waals surface area contributed by atoms with Crippen molar-refractivity contribution < 1.29 is 18.7 Å². The van der Waals surface area contributed by atoms with Gasteiger partial charge in [-0.3, -0.25) is 0 Å². The molecule has 3 rings (SSSR count). The van der Waals surface area contributed by atoms with Gasteiger partial charge in [-0.1, -0.05) is 0 Å². The molecule has 0 saturated carbocycles. The van der Waals surface area contributed by atoms with Crippen LogP contribution in [-0.4, -0.2) is 37.8 Å². The molecule has 1 saturated heterocycles. The van der Waals surface area contributed by atoms with Crippen LogP contribution in [0.2, 0.25) is 0 Å². The summed E-state index contributed by atoms with van der Waals surface area (Å²) in [6.07, 6.45) is 1.50. The van der Waals surface area contributed by atoms with Crippen molar-refractivity contribution in [1.29, 1.82) is 0 Å². The molecule has 0 radical (unpaired) electrons. The Balaban J connectivity index is 1.85.